The van der Waals surface area contributed by atoms with Crippen molar-refractivity contribution in [3.8, 4) is 0 Å². The van der Waals surface area contributed by atoms with E-state index in [1.54, 1.807) is 12.1 Å². The summed E-state index contributed by atoms with van der Waals surface area (Å²) in [6.07, 6.45) is 0. The predicted molar refractivity (Wildman–Crippen MR) is 74.5 cm³/mol. The van der Waals surface area contributed by atoms with E-state index in [1.165, 1.54) is 6.07 Å². The molecule has 0 aliphatic carbocycles. The van der Waals surface area contributed by atoms with Crippen molar-refractivity contribution in [3.63, 3.8) is 0 Å². The molecule has 1 atom stereocenters. The molecule has 0 radical (unpaired) electrons. The summed E-state index contributed by atoms with van der Waals surface area (Å²) in [7, 11) is 0. The van der Waals surface area contributed by atoms with Crippen LogP contribution in [-0.4, -0.2) is 37.8 Å². The van der Waals surface area contributed by atoms with Crippen LogP contribution in [0.25, 0.3) is 0 Å². The largest absolute Gasteiger partial charge is 0.314 e. The van der Waals surface area contributed by atoms with E-state index in [9.17, 15) is 8.78 Å². The lowest BCUT2D eigenvalue weighted by Gasteiger charge is -2.33. The minimum atomic E-state index is -0.557. The molecule has 0 unspecified atom stereocenters. The number of piperazine rings is 1. The lowest BCUT2D eigenvalue weighted by Crippen LogP contribution is -2.45. The minimum absolute atomic E-state index is 0. The van der Waals surface area contributed by atoms with E-state index in [2.05, 4.69) is 21.2 Å². The van der Waals surface area contributed by atoms with Gasteiger partial charge in [-0.25, -0.2) is 8.78 Å². The number of hydrogen-bond donors (Lipinski definition) is 1. The van der Waals surface area contributed by atoms with Gasteiger partial charge in [-0.3, -0.25) is 4.90 Å². The Bertz CT molecular complexity index is 386. The highest BCUT2D eigenvalue weighted by molar-refractivity contribution is 9.10. The van der Waals surface area contributed by atoms with E-state index < -0.39 is 12.7 Å². The van der Waals surface area contributed by atoms with Crippen molar-refractivity contribution < 1.29 is 8.78 Å². The number of rotatable bonds is 3. The molecule has 0 aromatic heterocycles. The van der Waals surface area contributed by atoms with Gasteiger partial charge in [0.05, 0.1) is 6.04 Å². The van der Waals surface area contributed by atoms with Crippen LogP contribution >= 0.6 is 28.3 Å². The Morgan fingerprint density at radius 3 is 2.56 bits per heavy atom. The SMILES string of the molecule is Cl.FC[C@H](c1ccc(Br)cc1F)N1CCNCC1. The van der Waals surface area contributed by atoms with Crippen LogP contribution in [0.5, 0.6) is 0 Å². The van der Waals surface area contributed by atoms with Crippen LogP contribution in [0.2, 0.25) is 0 Å². The molecule has 18 heavy (non-hydrogen) atoms. The first-order chi connectivity index (χ1) is 8.22. The molecule has 0 bridgehead atoms. The fourth-order valence-corrected chi connectivity index (χ4v) is 2.48. The van der Waals surface area contributed by atoms with Crippen molar-refractivity contribution >= 4 is 28.3 Å². The van der Waals surface area contributed by atoms with E-state index >= 15 is 0 Å². The second-order valence-electron chi connectivity index (χ2n) is 4.12. The molecule has 0 saturated carbocycles. The smallest absolute Gasteiger partial charge is 0.129 e. The highest BCUT2D eigenvalue weighted by atomic mass is 79.9. The molecule has 2 rings (SSSR count). The summed E-state index contributed by atoms with van der Waals surface area (Å²) in [5, 5.41) is 3.20. The predicted octanol–water partition coefficient (Wildman–Crippen LogP) is 2.93. The van der Waals surface area contributed by atoms with Gasteiger partial charge in [0, 0.05) is 36.2 Å². The molecule has 102 valence electrons. The average molecular weight is 342 g/mol. The van der Waals surface area contributed by atoms with Gasteiger partial charge in [-0.15, -0.1) is 12.4 Å². The van der Waals surface area contributed by atoms with Crippen LogP contribution in [0.1, 0.15) is 11.6 Å². The number of benzene rings is 1. The summed E-state index contributed by atoms with van der Waals surface area (Å²) < 4.78 is 27.6. The number of nitrogens with one attached hydrogen (secondary N) is 1. The van der Waals surface area contributed by atoms with Gasteiger partial charge in [0.15, 0.2) is 0 Å². The van der Waals surface area contributed by atoms with Crippen molar-refractivity contribution in [2.24, 2.45) is 0 Å². The van der Waals surface area contributed by atoms with E-state index in [1.807, 2.05) is 4.90 Å². The summed E-state index contributed by atoms with van der Waals surface area (Å²) in [6, 6.07) is 4.33. The monoisotopic (exact) mass is 340 g/mol. The third kappa shape index (κ3) is 3.63. The second-order valence-corrected chi connectivity index (χ2v) is 5.04. The maximum Gasteiger partial charge on any atom is 0.129 e. The number of nitrogens with zero attached hydrogens (tertiary/aromatic N) is 1. The van der Waals surface area contributed by atoms with Gasteiger partial charge in [0.2, 0.25) is 0 Å². The van der Waals surface area contributed by atoms with E-state index in [-0.39, 0.29) is 18.2 Å². The van der Waals surface area contributed by atoms with Gasteiger partial charge in [-0.05, 0) is 12.1 Å². The fourth-order valence-electron chi connectivity index (χ4n) is 2.14. The topological polar surface area (TPSA) is 15.3 Å². The number of halogens is 4. The normalized spacial score (nSPS) is 18.2. The van der Waals surface area contributed by atoms with Crippen molar-refractivity contribution in [1.82, 2.24) is 10.2 Å². The summed E-state index contributed by atoms with van der Waals surface area (Å²) in [5.74, 6) is -0.347. The van der Waals surface area contributed by atoms with E-state index in [0.717, 1.165) is 26.2 Å². The molecule has 1 aromatic rings. The van der Waals surface area contributed by atoms with E-state index in [0.29, 0.717) is 10.0 Å². The van der Waals surface area contributed by atoms with Gasteiger partial charge < -0.3 is 5.32 Å². The Labute approximate surface area is 120 Å². The third-order valence-corrected chi connectivity index (χ3v) is 3.55. The van der Waals surface area contributed by atoms with Crippen LogP contribution in [0.4, 0.5) is 8.78 Å². The Morgan fingerprint density at radius 2 is 2.00 bits per heavy atom. The molecule has 1 aliphatic rings. The summed E-state index contributed by atoms with van der Waals surface area (Å²) in [6.45, 7) is 2.61. The maximum absolute atomic E-state index is 13.8. The first-order valence-electron chi connectivity index (χ1n) is 5.68. The lowest BCUT2D eigenvalue weighted by atomic mass is 10.1. The van der Waals surface area contributed by atoms with Gasteiger partial charge in [0.1, 0.15) is 12.5 Å². The van der Waals surface area contributed by atoms with Crippen LogP contribution in [0.3, 0.4) is 0 Å². The van der Waals surface area contributed by atoms with Crippen LogP contribution in [0.15, 0.2) is 22.7 Å². The molecule has 2 nitrogen and oxygen atoms in total. The molecule has 0 spiro atoms. The summed E-state index contributed by atoms with van der Waals surface area (Å²) in [5.41, 5.74) is 0.442. The van der Waals surface area contributed by atoms with Gasteiger partial charge in [0.25, 0.3) is 0 Å². The highest BCUT2D eigenvalue weighted by Gasteiger charge is 2.24. The number of hydrogen-bond acceptors (Lipinski definition) is 2. The third-order valence-electron chi connectivity index (χ3n) is 3.06. The number of alkyl halides is 1. The van der Waals surface area contributed by atoms with Gasteiger partial charge in [-0.2, -0.15) is 0 Å². The first kappa shape index (κ1) is 15.8. The molecule has 1 fully saturated rings. The second kappa shape index (κ2) is 7.38. The minimum Gasteiger partial charge on any atom is -0.314 e. The van der Waals surface area contributed by atoms with Crippen molar-refractivity contribution in [2.45, 2.75) is 6.04 Å². The fraction of sp³-hybridized carbons (Fsp3) is 0.500. The maximum atomic E-state index is 13.8. The van der Waals surface area contributed by atoms with Crippen molar-refractivity contribution in [2.75, 3.05) is 32.9 Å². The Morgan fingerprint density at radius 1 is 1.33 bits per heavy atom. The molecule has 1 heterocycles. The molecule has 1 aromatic carbocycles. The molecule has 1 saturated heterocycles. The van der Waals surface area contributed by atoms with Crippen LogP contribution < -0.4 is 5.32 Å². The molecule has 6 heteroatoms. The van der Waals surface area contributed by atoms with E-state index in [4.69, 9.17) is 0 Å². The lowest BCUT2D eigenvalue weighted by molar-refractivity contribution is 0.144. The quantitative estimate of drug-likeness (QED) is 0.909. The zero-order valence-corrected chi connectivity index (χ0v) is 12.2. The molecule has 1 N–H and O–H groups in total. The molecule has 1 aliphatic heterocycles. The van der Waals surface area contributed by atoms with Crippen molar-refractivity contribution in [1.29, 1.82) is 0 Å². The molecular formula is C12H16BrClF2N2. The molecule has 0 amide bonds. The summed E-state index contributed by atoms with van der Waals surface area (Å²) in [4.78, 5) is 1.99. The Hall–Kier alpha value is -0.230. The average Bonchev–Trinajstić information content (AvgIpc) is 2.34. The van der Waals surface area contributed by atoms with Gasteiger partial charge in [-0.1, -0.05) is 22.0 Å². The summed E-state index contributed by atoms with van der Waals surface area (Å²) >= 11 is 3.21. The van der Waals surface area contributed by atoms with Gasteiger partial charge >= 0.3 is 0 Å². The molecular weight excluding hydrogens is 325 g/mol. The standard InChI is InChI=1S/C12H15BrF2N2.ClH/c13-9-1-2-10(11(15)7-9)12(8-14)17-5-3-16-4-6-17;/h1-2,7,12,16H,3-6,8H2;1H/t12-;/m1./s1. The Balaban J connectivity index is 0.00000162. The van der Waals surface area contributed by atoms with Crippen molar-refractivity contribution in [3.05, 3.63) is 34.1 Å². The zero-order chi connectivity index (χ0) is 12.3. The Kier molecular flexibility index (Phi) is 6.49. The zero-order valence-electron chi connectivity index (χ0n) is 9.83. The first-order valence-corrected chi connectivity index (χ1v) is 6.47. The highest BCUT2D eigenvalue weighted by Crippen LogP contribution is 2.26. The van der Waals surface area contributed by atoms with Crippen LogP contribution in [-0.2, 0) is 0 Å². The van der Waals surface area contributed by atoms with Crippen LogP contribution in [0, 0.1) is 5.82 Å².